The molecule has 0 fully saturated rings. The van der Waals surface area contributed by atoms with E-state index in [0.717, 1.165) is 6.20 Å². The van der Waals surface area contributed by atoms with Gasteiger partial charge in [-0.05, 0) is 6.07 Å². The molecule has 0 saturated carbocycles. The van der Waals surface area contributed by atoms with Crippen molar-refractivity contribution in [3.63, 3.8) is 0 Å². The van der Waals surface area contributed by atoms with Gasteiger partial charge in [-0.25, -0.2) is 13.4 Å². The Labute approximate surface area is 83.7 Å². The van der Waals surface area contributed by atoms with Crippen LogP contribution in [0.3, 0.4) is 0 Å². The third-order valence-corrected chi connectivity index (χ3v) is 2.84. The molecule has 7 heteroatoms. The number of halogens is 3. The van der Waals surface area contributed by atoms with Gasteiger partial charge in [0.2, 0.25) is 0 Å². The van der Waals surface area contributed by atoms with Crippen LogP contribution in [0.5, 0.6) is 0 Å². The molecule has 1 aromatic rings. The van der Waals surface area contributed by atoms with Crippen LogP contribution in [0.25, 0.3) is 0 Å². The summed E-state index contributed by atoms with van der Waals surface area (Å²) in [5.74, 6) is 0. The van der Waals surface area contributed by atoms with Crippen molar-refractivity contribution in [3.05, 3.63) is 22.3 Å². The molecule has 0 atom stereocenters. The maximum atomic E-state index is 10.7. The molecule has 0 radical (unpaired) electrons. The van der Waals surface area contributed by atoms with Crippen LogP contribution < -0.4 is 0 Å². The number of pyridine rings is 1. The van der Waals surface area contributed by atoms with Gasteiger partial charge in [0, 0.05) is 16.9 Å². The molecule has 0 aliphatic carbocycles. The van der Waals surface area contributed by atoms with Crippen molar-refractivity contribution in [3.8, 4) is 0 Å². The second kappa shape index (κ2) is 3.38. The SMILES string of the molecule is O=S(=O)(Cl)c1ncc(Cl)cc1Cl. The first kappa shape index (κ1) is 10.1. The topological polar surface area (TPSA) is 47.0 Å². The fourth-order valence-electron chi connectivity index (χ4n) is 0.581. The molecular weight excluding hydrogens is 244 g/mol. The van der Waals surface area contributed by atoms with E-state index in [9.17, 15) is 8.42 Å². The van der Waals surface area contributed by atoms with Crippen LogP contribution in [0.2, 0.25) is 10.0 Å². The van der Waals surface area contributed by atoms with E-state index in [4.69, 9.17) is 33.9 Å². The van der Waals surface area contributed by atoms with E-state index in [-0.39, 0.29) is 15.1 Å². The van der Waals surface area contributed by atoms with E-state index < -0.39 is 9.05 Å². The Hall–Kier alpha value is -0.0300. The van der Waals surface area contributed by atoms with Crippen LogP contribution in [0.15, 0.2) is 17.3 Å². The number of hydrogen-bond donors (Lipinski definition) is 0. The lowest BCUT2D eigenvalue weighted by Gasteiger charge is -1.97. The highest BCUT2D eigenvalue weighted by molar-refractivity contribution is 8.13. The molecule has 0 saturated heterocycles. The molecule has 0 aromatic carbocycles. The molecule has 0 bridgehead atoms. The molecule has 1 rings (SSSR count). The van der Waals surface area contributed by atoms with Crippen LogP contribution >= 0.6 is 33.9 Å². The van der Waals surface area contributed by atoms with Gasteiger partial charge < -0.3 is 0 Å². The Morgan fingerprint density at radius 1 is 1.33 bits per heavy atom. The maximum absolute atomic E-state index is 10.7. The first-order valence-corrected chi connectivity index (χ1v) is 5.73. The summed E-state index contributed by atoms with van der Waals surface area (Å²) in [4.78, 5) is 3.47. The maximum Gasteiger partial charge on any atom is 0.280 e. The van der Waals surface area contributed by atoms with Crippen LogP contribution in [0.1, 0.15) is 0 Å². The van der Waals surface area contributed by atoms with Gasteiger partial charge in [-0.1, -0.05) is 23.2 Å². The van der Waals surface area contributed by atoms with Gasteiger partial charge in [0.15, 0.2) is 5.03 Å². The third kappa shape index (κ3) is 2.23. The van der Waals surface area contributed by atoms with Crippen molar-refractivity contribution in [2.24, 2.45) is 0 Å². The first-order valence-electron chi connectivity index (χ1n) is 2.67. The summed E-state index contributed by atoms with van der Waals surface area (Å²) in [5.41, 5.74) is 0. The predicted molar refractivity (Wildman–Crippen MR) is 47.3 cm³/mol. The van der Waals surface area contributed by atoms with Crippen molar-refractivity contribution < 1.29 is 8.42 Å². The molecule has 3 nitrogen and oxygen atoms in total. The average molecular weight is 247 g/mol. The van der Waals surface area contributed by atoms with Crippen LogP contribution in [-0.4, -0.2) is 13.4 Å². The summed E-state index contributed by atoms with van der Waals surface area (Å²) < 4.78 is 21.5. The van der Waals surface area contributed by atoms with Crippen LogP contribution in [0.4, 0.5) is 0 Å². The summed E-state index contributed by atoms with van der Waals surface area (Å²) >= 11 is 11.0. The normalized spacial score (nSPS) is 11.6. The Morgan fingerprint density at radius 2 is 1.92 bits per heavy atom. The second-order valence-corrected chi connectivity index (χ2v) is 5.20. The van der Waals surface area contributed by atoms with E-state index in [2.05, 4.69) is 4.98 Å². The van der Waals surface area contributed by atoms with Crippen molar-refractivity contribution in [2.75, 3.05) is 0 Å². The van der Waals surface area contributed by atoms with Crippen molar-refractivity contribution in [1.82, 2.24) is 4.98 Å². The molecule has 1 heterocycles. The summed E-state index contributed by atoms with van der Waals surface area (Å²) in [6.07, 6.45) is 1.16. The van der Waals surface area contributed by atoms with Gasteiger partial charge in [-0.2, -0.15) is 0 Å². The van der Waals surface area contributed by atoms with E-state index in [1.54, 1.807) is 0 Å². The zero-order chi connectivity index (χ0) is 9.35. The number of aromatic nitrogens is 1. The van der Waals surface area contributed by atoms with E-state index in [1.165, 1.54) is 6.07 Å². The van der Waals surface area contributed by atoms with Crippen molar-refractivity contribution in [1.29, 1.82) is 0 Å². The Bertz CT molecular complexity index is 403. The minimum absolute atomic E-state index is 0.0856. The fraction of sp³-hybridized carbons (Fsp3) is 0. The molecule has 0 N–H and O–H groups in total. The highest BCUT2D eigenvalue weighted by Crippen LogP contribution is 2.24. The largest absolute Gasteiger partial charge is 0.280 e. The van der Waals surface area contributed by atoms with Gasteiger partial charge in [-0.15, -0.1) is 0 Å². The Kier molecular flexibility index (Phi) is 2.83. The number of rotatable bonds is 1. The zero-order valence-electron chi connectivity index (χ0n) is 5.46. The molecule has 0 aliphatic heterocycles. The molecule has 12 heavy (non-hydrogen) atoms. The van der Waals surface area contributed by atoms with Gasteiger partial charge >= 0.3 is 0 Å². The first-order chi connectivity index (χ1) is 5.41. The van der Waals surface area contributed by atoms with Gasteiger partial charge in [0.05, 0.1) is 10.0 Å². The van der Waals surface area contributed by atoms with E-state index >= 15 is 0 Å². The standard InChI is InChI=1S/C5H2Cl3NO2S/c6-3-1-4(7)5(9-2-3)12(8,10)11/h1-2H. The smallest absolute Gasteiger partial charge is 0.241 e. The minimum Gasteiger partial charge on any atom is -0.241 e. The summed E-state index contributed by atoms with van der Waals surface area (Å²) in [7, 11) is 1.12. The molecule has 0 unspecified atom stereocenters. The number of nitrogens with zero attached hydrogens (tertiary/aromatic N) is 1. The van der Waals surface area contributed by atoms with Gasteiger partial charge in [0.1, 0.15) is 0 Å². The summed E-state index contributed by atoms with van der Waals surface area (Å²) in [6.45, 7) is 0. The zero-order valence-corrected chi connectivity index (χ0v) is 8.54. The summed E-state index contributed by atoms with van der Waals surface area (Å²) in [6, 6.07) is 1.26. The molecule has 0 aliphatic rings. The lowest BCUT2D eigenvalue weighted by Crippen LogP contribution is -1.95. The predicted octanol–water partition coefficient (Wildman–Crippen LogP) is 2.32. The fourth-order valence-corrected chi connectivity index (χ4v) is 2.22. The molecular formula is C5H2Cl3NO2S. The third-order valence-electron chi connectivity index (χ3n) is 1.01. The average Bonchev–Trinajstić information content (AvgIpc) is 1.83. The van der Waals surface area contributed by atoms with E-state index in [0.29, 0.717) is 0 Å². The highest BCUT2D eigenvalue weighted by atomic mass is 35.7. The number of hydrogen-bond acceptors (Lipinski definition) is 3. The minimum atomic E-state index is -3.88. The van der Waals surface area contributed by atoms with Crippen molar-refractivity contribution in [2.45, 2.75) is 5.03 Å². The lowest BCUT2D eigenvalue weighted by molar-refractivity contribution is 0.606. The van der Waals surface area contributed by atoms with Gasteiger partial charge in [-0.3, -0.25) is 0 Å². The molecule has 1 aromatic heterocycles. The molecule has 66 valence electrons. The molecule has 0 amide bonds. The van der Waals surface area contributed by atoms with Crippen molar-refractivity contribution >= 4 is 42.9 Å². The molecule has 0 spiro atoms. The Morgan fingerprint density at radius 3 is 2.33 bits per heavy atom. The van der Waals surface area contributed by atoms with Crippen LogP contribution in [0, 0.1) is 0 Å². The summed E-state index contributed by atoms with van der Waals surface area (Å²) in [5, 5.41) is -0.211. The van der Waals surface area contributed by atoms with Crippen LogP contribution in [-0.2, 0) is 9.05 Å². The second-order valence-electron chi connectivity index (χ2n) is 1.88. The van der Waals surface area contributed by atoms with Gasteiger partial charge in [0.25, 0.3) is 9.05 Å². The quantitative estimate of drug-likeness (QED) is 0.715. The Balaban J connectivity index is 3.39. The van der Waals surface area contributed by atoms with E-state index in [1.807, 2.05) is 0 Å². The highest BCUT2D eigenvalue weighted by Gasteiger charge is 2.16. The lowest BCUT2D eigenvalue weighted by atomic mass is 10.5. The monoisotopic (exact) mass is 245 g/mol.